The molecule has 1 nitrogen and oxygen atoms in total. The van der Waals surface area contributed by atoms with Gasteiger partial charge in [-0.25, -0.2) is 0 Å². The van der Waals surface area contributed by atoms with Crippen LogP contribution in [0.15, 0.2) is 212 Å². The normalized spacial score (nSPS) is 12.8. The molecule has 0 spiro atoms. The third-order valence-electron chi connectivity index (χ3n) is 12.5. The van der Waals surface area contributed by atoms with Crippen molar-refractivity contribution < 1.29 is 0 Å². The lowest BCUT2D eigenvalue weighted by molar-refractivity contribution is 0.660. The van der Waals surface area contributed by atoms with Gasteiger partial charge in [0.05, 0.1) is 5.69 Å². The molecular weight excluding hydrogens is 699 g/mol. The van der Waals surface area contributed by atoms with E-state index in [0.717, 1.165) is 17.1 Å². The van der Waals surface area contributed by atoms with Crippen molar-refractivity contribution in [2.45, 2.75) is 19.3 Å². The van der Waals surface area contributed by atoms with Crippen LogP contribution < -0.4 is 4.90 Å². The summed E-state index contributed by atoms with van der Waals surface area (Å²) in [5.74, 6) is 0. The molecule has 0 N–H and O–H groups in total. The first-order chi connectivity index (χ1) is 28.5. The van der Waals surface area contributed by atoms with E-state index in [1.165, 1.54) is 88.0 Å². The molecule has 0 fully saturated rings. The fraction of sp³-hybridized carbons (Fsp3) is 0.0526. The van der Waals surface area contributed by atoms with E-state index in [1.807, 2.05) is 0 Å². The van der Waals surface area contributed by atoms with Gasteiger partial charge in [-0.2, -0.15) is 0 Å². The summed E-state index contributed by atoms with van der Waals surface area (Å²) in [5.41, 5.74) is 15.8. The van der Waals surface area contributed by atoms with Gasteiger partial charge in [0.2, 0.25) is 0 Å². The van der Waals surface area contributed by atoms with Crippen LogP contribution in [-0.2, 0) is 5.41 Å². The number of nitrogens with zero attached hydrogens (tertiary/aromatic N) is 1. The molecule has 58 heavy (non-hydrogen) atoms. The van der Waals surface area contributed by atoms with E-state index < -0.39 is 0 Å². The predicted molar refractivity (Wildman–Crippen MR) is 248 cm³/mol. The molecule has 0 heterocycles. The lowest BCUT2D eigenvalue weighted by Crippen LogP contribution is -2.17. The number of fused-ring (bicyclic) bond motifs is 7. The predicted octanol–water partition coefficient (Wildman–Crippen LogP) is 15.9. The van der Waals surface area contributed by atoms with Crippen LogP contribution in [0.5, 0.6) is 0 Å². The third kappa shape index (κ3) is 5.39. The van der Waals surface area contributed by atoms with Crippen LogP contribution >= 0.6 is 0 Å². The van der Waals surface area contributed by atoms with E-state index in [9.17, 15) is 0 Å². The molecule has 0 atom stereocenters. The van der Waals surface area contributed by atoms with Gasteiger partial charge in [0.25, 0.3) is 0 Å². The molecule has 0 unspecified atom stereocenters. The minimum Gasteiger partial charge on any atom is -0.310 e. The van der Waals surface area contributed by atoms with Gasteiger partial charge in [-0.3, -0.25) is 0 Å². The molecule has 0 amide bonds. The maximum Gasteiger partial charge on any atom is 0.0546 e. The van der Waals surface area contributed by atoms with Gasteiger partial charge in [0.15, 0.2) is 0 Å². The van der Waals surface area contributed by atoms with E-state index in [0.29, 0.717) is 0 Å². The highest BCUT2D eigenvalue weighted by atomic mass is 15.1. The van der Waals surface area contributed by atoms with Crippen molar-refractivity contribution in [3.05, 3.63) is 223 Å². The van der Waals surface area contributed by atoms with Crippen molar-refractivity contribution in [3.8, 4) is 44.5 Å². The Morgan fingerprint density at radius 1 is 0.328 bits per heavy atom. The topological polar surface area (TPSA) is 3.24 Å². The molecule has 0 saturated heterocycles. The second-order valence-corrected chi connectivity index (χ2v) is 16.1. The Labute approximate surface area is 340 Å². The van der Waals surface area contributed by atoms with Crippen LogP contribution in [0.3, 0.4) is 0 Å². The summed E-state index contributed by atoms with van der Waals surface area (Å²) in [4.78, 5) is 2.50. The van der Waals surface area contributed by atoms with Gasteiger partial charge < -0.3 is 4.90 Å². The monoisotopic (exact) mass is 739 g/mol. The molecular formula is C57H41N. The van der Waals surface area contributed by atoms with Gasteiger partial charge in [0, 0.05) is 22.4 Å². The summed E-state index contributed by atoms with van der Waals surface area (Å²) < 4.78 is 0. The highest BCUT2D eigenvalue weighted by Gasteiger charge is 2.36. The molecule has 10 aromatic rings. The van der Waals surface area contributed by atoms with E-state index in [-0.39, 0.29) is 5.41 Å². The number of anilines is 3. The molecule has 11 rings (SSSR count). The van der Waals surface area contributed by atoms with E-state index >= 15 is 0 Å². The Hall–Kier alpha value is -7.22. The zero-order chi connectivity index (χ0) is 38.8. The fourth-order valence-electron chi connectivity index (χ4n) is 9.65. The van der Waals surface area contributed by atoms with Crippen molar-refractivity contribution in [2.24, 2.45) is 0 Å². The van der Waals surface area contributed by atoms with Crippen LogP contribution in [0, 0.1) is 0 Å². The Kier molecular flexibility index (Phi) is 7.91. The molecule has 0 radical (unpaired) electrons. The van der Waals surface area contributed by atoms with Crippen LogP contribution in [0.1, 0.15) is 25.0 Å². The van der Waals surface area contributed by atoms with Gasteiger partial charge >= 0.3 is 0 Å². The van der Waals surface area contributed by atoms with Crippen LogP contribution in [-0.4, -0.2) is 0 Å². The Morgan fingerprint density at radius 3 is 1.72 bits per heavy atom. The minimum absolute atomic E-state index is 0.144. The van der Waals surface area contributed by atoms with Crippen molar-refractivity contribution in [1.82, 2.24) is 0 Å². The highest BCUT2D eigenvalue weighted by Crippen LogP contribution is 2.53. The zero-order valence-electron chi connectivity index (χ0n) is 32.7. The fourth-order valence-corrected chi connectivity index (χ4v) is 9.65. The van der Waals surface area contributed by atoms with Crippen LogP contribution in [0.25, 0.3) is 76.8 Å². The Morgan fingerprint density at radius 2 is 0.897 bits per heavy atom. The summed E-state index contributed by atoms with van der Waals surface area (Å²) in [6.07, 6.45) is 0. The lowest BCUT2D eigenvalue weighted by Gasteiger charge is -2.31. The summed E-state index contributed by atoms with van der Waals surface area (Å²) >= 11 is 0. The summed E-state index contributed by atoms with van der Waals surface area (Å²) in [6.45, 7) is 4.74. The molecule has 1 heteroatoms. The summed E-state index contributed by atoms with van der Waals surface area (Å²) in [5, 5.41) is 7.50. The Balaban J connectivity index is 1.20. The average molecular weight is 740 g/mol. The molecule has 1 aliphatic carbocycles. The standard InChI is InChI=1S/C57H41N/c1-57(2)53-28-13-12-25-50(53)51-35-34-43(37-54(51)57)58(42-32-30-40(31-33-42)45-26-14-20-38-18-6-8-21-44(38)45)55-29-15-27-47(39-16-4-3-5-17-39)56(55)52-36-41-19-7-9-22-46(41)48-23-10-11-24-49(48)52/h3-37H,1-2H3. The van der Waals surface area contributed by atoms with E-state index in [2.05, 4.69) is 231 Å². The molecule has 1 aliphatic rings. The highest BCUT2D eigenvalue weighted by molar-refractivity contribution is 6.16. The smallest absolute Gasteiger partial charge is 0.0546 e. The van der Waals surface area contributed by atoms with Gasteiger partial charge in [-0.05, 0) is 119 Å². The molecule has 0 saturated carbocycles. The van der Waals surface area contributed by atoms with Crippen LogP contribution in [0.4, 0.5) is 17.1 Å². The van der Waals surface area contributed by atoms with Crippen molar-refractivity contribution >= 4 is 49.4 Å². The molecule has 10 aromatic carbocycles. The van der Waals surface area contributed by atoms with E-state index in [4.69, 9.17) is 0 Å². The number of hydrogen-bond donors (Lipinski definition) is 0. The molecule has 0 aliphatic heterocycles. The third-order valence-corrected chi connectivity index (χ3v) is 12.5. The quantitative estimate of drug-likeness (QED) is 0.154. The first-order valence-corrected chi connectivity index (χ1v) is 20.3. The van der Waals surface area contributed by atoms with Gasteiger partial charge in [-0.1, -0.05) is 190 Å². The van der Waals surface area contributed by atoms with Gasteiger partial charge in [0.1, 0.15) is 0 Å². The Bertz CT molecular complexity index is 3180. The second-order valence-electron chi connectivity index (χ2n) is 16.1. The largest absolute Gasteiger partial charge is 0.310 e. The maximum atomic E-state index is 2.50. The first-order valence-electron chi connectivity index (χ1n) is 20.3. The average Bonchev–Trinajstić information content (AvgIpc) is 3.51. The molecule has 274 valence electrons. The number of rotatable bonds is 6. The summed E-state index contributed by atoms with van der Waals surface area (Å²) in [7, 11) is 0. The van der Waals surface area contributed by atoms with Crippen LogP contribution in [0.2, 0.25) is 0 Å². The molecule has 0 bridgehead atoms. The number of benzene rings is 10. The lowest BCUT2D eigenvalue weighted by atomic mass is 9.82. The summed E-state index contributed by atoms with van der Waals surface area (Å²) in [6, 6.07) is 78.3. The van der Waals surface area contributed by atoms with E-state index in [1.54, 1.807) is 0 Å². The molecule has 0 aromatic heterocycles. The zero-order valence-corrected chi connectivity index (χ0v) is 32.7. The first kappa shape index (κ1) is 34.1. The van der Waals surface area contributed by atoms with Crippen molar-refractivity contribution in [1.29, 1.82) is 0 Å². The second kappa shape index (κ2) is 13.5. The van der Waals surface area contributed by atoms with Crippen molar-refractivity contribution in [3.63, 3.8) is 0 Å². The maximum absolute atomic E-state index is 2.50. The SMILES string of the molecule is CC1(C)c2ccccc2-c2ccc(N(c3ccc(-c4cccc5ccccc45)cc3)c3cccc(-c4ccccc4)c3-c3cc4ccccc4c4ccccc34)cc21. The van der Waals surface area contributed by atoms with Gasteiger partial charge in [-0.15, -0.1) is 0 Å². The minimum atomic E-state index is -0.144. The van der Waals surface area contributed by atoms with Crippen molar-refractivity contribution in [2.75, 3.05) is 4.90 Å². The number of hydrogen-bond acceptors (Lipinski definition) is 1.